The van der Waals surface area contributed by atoms with Gasteiger partial charge in [0.2, 0.25) is 0 Å². The molecule has 0 bridgehead atoms. The molecule has 1 fully saturated rings. The summed E-state index contributed by atoms with van der Waals surface area (Å²) in [7, 11) is 0. The number of piperidine rings is 1. The highest BCUT2D eigenvalue weighted by atomic mass is 16.3. The van der Waals surface area contributed by atoms with Gasteiger partial charge in [-0.1, -0.05) is 36.4 Å². The van der Waals surface area contributed by atoms with Crippen molar-refractivity contribution in [3.05, 3.63) is 65.2 Å². The van der Waals surface area contributed by atoms with Crippen molar-refractivity contribution in [3.8, 4) is 5.75 Å². The first-order valence-electron chi connectivity index (χ1n) is 9.41. The minimum absolute atomic E-state index is 0.0211. The molecule has 2 aromatic rings. The molecule has 1 unspecified atom stereocenters. The van der Waals surface area contributed by atoms with Crippen LogP contribution in [-0.4, -0.2) is 40.5 Å². The van der Waals surface area contributed by atoms with Crippen LogP contribution < -0.4 is 0 Å². The van der Waals surface area contributed by atoms with Crippen LogP contribution in [0.25, 0.3) is 0 Å². The molecule has 4 nitrogen and oxygen atoms in total. The Morgan fingerprint density at radius 1 is 1.08 bits per heavy atom. The molecule has 4 rings (SSSR count). The third-order valence-electron chi connectivity index (χ3n) is 5.96. The van der Waals surface area contributed by atoms with Gasteiger partial charge in [-0.05, 0) is 48.9 Å². The minimum atomic E-state index is -0.757. The fraction of sp³-hybridized carbons (Fsp3) is 0.409. The molecule has 2 N–H and O–H groups in total. The lowest BCUT2D eigenvalue weighted by Gasteiger charge is -2.40. The standard InChI is InChI=1S/C22H25NO3/c24-19-9-8-16-6-7-17(21(25)20(16)14-19)15-23-12-10-22(26,11-13-23)18-4-2-1-3-5-18/h1-5,8-9,14,17,24,26H,6-7,10-13,15H2. The average Bonchev–Trinajstić information content (AvgIpc) is 2.67. The number of Topliss-reactive ketones (excluding diaryl/α,β-unsaturated/α-hetero) is 1. The van der Waals surface area contributed by atoms with Crippen LogP contribution in [0.3, 0.4) is 0 Å². The zero-order valence-corrected chi connectivity index (χ0v) is 14.9. The van der Waals surface area contributed by atoms with Crippen molar-refractivity contribution in [1.29, 1.82) is 0 Å². The number of hydrogen-bond acceptors (Lipinski definition) is 4. The van der Waals surface area contributed by atoms with Crippen molar-refractivity contribution in [2.45, 2.75) is 31.3 Å². The van der Waals surface area contributed by atoms with E-state index in [0.717, 1.165) is 43.6 Å². The van der Waals surface area contributed by atoms with Gasteiger partial charge in [0.1, 0.15) is 5.75 Å². The molecule has 26 heavy (non-hydrogen) atoms. The SMILES string of the molecule is O=C1c2cc(O)ccc2CCC1CN1CCC(O)(c2ccccc2)CC1. The number of aryl methyl sites for hydroxylation is 1. The maximum atomic E-state index is 12.8. The van der Waals surface area contributed by atoms with Crippen molar-refractivity contribution < 1.29 is 15.0 Å². The summed E-state index contributed by atoms with van der Waals surface area (Å²) in [4.78, 5) is 15.1. The number of ketones is 1. The Balaban J connectivity index is 1.40. The Hall–Kier alpha value is -2.17. The number of fused-ring (bicyclic) bond motifs is 1. The van der Waals surface area contributed by atoms with E-state index in [1.165, 1.54) is 0 Å². The molecule has 1 heterocycles. The number of carbonyl (C=O) groups is 1. The van der Waals surface area contributed by atoms with E-state index in [9.17, 15) is 15.0 Å². The molecule has 2 aliphatic rings. The van der Waals surface area contributed by atoms with Gasteiger partial charge in [0, 0.05) is 31.1 Å². The van der Waals surface area contributed by atoms with Crippen LogP contribution in [0, 0.1) is 5.92 Å². The second kappa shape index (κ2) is 6.86. The van der Waals surface area contributed by atoms with Crippen LogP contribution in [0.5, 0.6) is 5.75 Å². The van der Waals surface area contributed by atoms with Crippen molar-refractivity contribution >= 4 is 5.78 Å². The summed E-state index contributed by atoms with van der Waals surface area (Å²) in [5, 5.41) is 20.6. The molecule has 1 aliphatic carbocycles. The third kappa shape index (κ3) is 3.27. The number of aromatic hydroxyl groups is 1. The van der Waals surface area contributed by atoms with Crippen LogP contribution in [0.4, 0.5) is 0 Å². The minimum Gasteiger partial charge on any atom is -0.508 e. The van der Waals surface area contributed by atoms with Gasteiger partial charge in [0.05, 0.1) is 5.60 Å². The molecule has 4 heteroatoms. The maximum absolute atomic E-state index is 12.8. The molecule has 0 saturated carbocycles. The highest BCUT2D eigenvalue weighted by Crippen LogP contribution is 2.34. The normalized spacial score (nSPS) is 22.8. The first-order chi connectivity index (χ1) is 12.5. The third-order valence-corrected chi connectivity index (χ3v) is 5.96. The van der Waals surface area contributed by atoms with Gasteiger partial charge in [-0.2, -0.15) is 0 Å². The summed E-state index contributed by atoms with van der Waals surface area (Å²) in [5.74, 6) is 0.280. The van der Waals surface area contributed by atoms with E-state index in [-0.39, 0.29) is 17.5 Å². The summed E-state index contributed by atoms with van der Waals surface area (Å²) < 4.78 is 0. The van der Waals surface area contributed by atoms with E-state index in [1.54, 1.807) is 12.1 Å². The molecule has 0 aromatic heterocycles. The van der Waals surface area contributed by atoms with Crippen LogP contribution in [-0.2, 0) is 12.0 Å². The van der Waals surface area contributed by atoms with Gasteiger partial charge in [0.25, 0.3) is 0 Å². The Bertz CT molecular complexity index is 794. The highest BCUT2D eigenvalue weighted by molar-refractivity contribution is 6.00. The number of rotatable bonds is 3. The molecule has 0 spiro atoms. The van der Waals surface area contributed by atoms with Crippen molar-refractivity contribution in [2.75, 3.05) is 19.6 Å². The molecular weight excluding hydrogens is 326 g/mol. The van der Waals surface area contributed by atoms with Gasteiger partial charge in [-0.3, -0.25) is 4.79 Å². The zero-order valence-electron chi connectivity index (χ0n) is 14.9. The monoisotopic (exact) mass is 351 g/mol. The summed E-state index contributed by atoms with van der Waals surface area (Å²) in [6, 6.07) is 15.0. The number of aliphatic hydroxyl groups is 1. The highest BCUT2D eigenvalue weighted by Gasteiger charge is 2.36. The molecule has 0 amide bonds. The van der Waals surface area contributed by atoms with E-state index in [4.69, 9.17) is 0 Å². The van der Waals surface area contributed by atoms with Crippen LogP contribution in [0.2, 0.25) is 0 Å². The number of nitrogens with zero attached hydrogens (tertiary/aromatic N) is 1. The number of phenolic OH excluding ortho intramolecular Hbond substituents is 1. The second-order valence-corrected chi connectivity index (χ2v) is 7.64. The van der Waals surface area contributed by atoms with Crippen LogP contribution in [0.15, 0.2) is 48.5 Å². The number of phenols is 1. The lowest BCUT2D eigenvalue weighted by atomic mass is 9.81. The number of hydrogen-bond donors (Lipinski definition) is 2. The topological polar surface area (TPSA) is 60.8 Å². The van der Waals surface area contributed by atoms with Crippen LogP contribution in [0.1, 0.15) is 40.7 Å². The average molecular weight is 351 g/mol. The van der Waals surface area contributed by atoms with Gasteiger partial charge in [0.15, 0.2) is 5.78 Å². The summed E-state index contributed by atoms with van der Waals surface area (Å²) >= 11 is 0. The van der Waals surface area contributed by atoms with Gasteiger partial charge >= 0.3 is 0 Å². The fourth-order valence-electron chi connectivity index (χ4n) is 4.32. The van der Waals surface area contributed by atoms with Crippen molar-refractivity contribution in [3.63, 3.8) is 0 Å². The first kappa shape index (κ1) is 17.3. The van der Waals surface area contributed by atoms with Gasteiger partial charge in [-0.25, -0.2) is 0 Å². The van der Waals surface area contributed by atoms with Gasteiger partial charge in [-0.15, -0.1) is 0 Å². The van der Waals surface area contributed by atoms with Crippen molar-refractivity contribution in [2.24, 2.45) is 5.92 Å². The lowest BCUT2D eigenvalue weighted by molar-refractivity contribution is -0.0283. The van der Waals surface area contributed by atoms with E-state index < -0.39 is 5.60 Å². The van der Waals surface area contributed by atoms with Crippen LogP contribution >= 0.6 is 0 Å². The first-order valence-corrected chi connectivity index (χ1v) is 9.41. The van der Waals surface area contributed by atoms with E-state index in [2.05, 4.69) is 4.90 Å². The number of benzene rings is 2. The molecule has 136 valence electrons. The summed E-state index contributed by atoms with van der Waals surface area (Å²) in [6.45, 7) is 2.32. The van der Waals surface area contributed by atoms with E-state index in [1.807, 2.05) is 36.4 Å². The molecular formula is C22H25NO3. The lowest BCUT2D eigenvalue weighted by Crippen LogP contribution is -2.45. The Morgan fingerprint density at radius 2 is 1.81 bits per heavy atom. The summed E-state index contributed by atoms with van der Waals surface area (Å²) in [5.41, 5.74) is 1.95. The number of likely N-dealkylation sites (tertiary alicyclic amines) is 1. The molecule has 1 atom stereocenters. The zero-order chi connectivity index (χ0) is 18.1. The van der Waals surface area contributed by atoms with Gasteiger partial charge < -0.3 is 15.1 Å². The predicted octanol–water partition coefficient (Wildman–Crippen LogP) is 3.12. The fourth-order valence-corrected chi connectivity index (χ4v) is 4.32. The molecule has 2 aromatic carbocycles. The Labute approximate surface area is 154 Å². The predicted molar refractivity (Wildman–Crippen MR) is 100 cm³/mol. The Kier molecular flexibility index (Phi) is 4.55. The maximum Gasteiger partial charge on any atom is 0.167 e. The second-order valence-electron chi connectivity index (χ2n) is 7.64. The summed E-state index contributed by atoms with van der Waals surface area (Å²) in [6.07, 6.45) is 3.12. The molecule has 0 radical (unpaired) electrons. The number of carbonyl (C=O) groups excluding carboxylic acids is 1. The van der Waals surface area contributed by atoms with E-state index >= 15 is 0 Å². The van der Waals surface area contributed by atoms with Crippen molar-refractivity contribution in [1.82, 2.24) is 4.90 Å². The largest absolute Gasteiger partial charge is 0.508 e. The smallest absolute Gasteiger partial charge is 0.167 e. The molecule has 1 aliphatic heterocycles. The Morgan fingerprint density at radius 3 is 2.54 bits per heavy atom. The van der Waals surface area contributed by atoms with E-state index in [0.29, 0.717) is 18.4 Å². The molecule has 1 saturated heterocycles. The quantitative estimate of drug-likeness (QED) is 0.892.